The summed E-state index contributed by atoms with van der Waals surface area (Å²) in [6.45, 7) is 2.54. The normalized spacial score (nSPS) is 20.5. The van der Waals surface area contributed by atoms with Gasteiger partial charge in [-0.2, -0.15) is 0 Å². The Bertz CT molecular complexity index is 483. The predicted octanol–water partition coefficient (Wildman–Crippen LogP) is 3.00. The molecular weight excluding hydrogens is 353 g/mol. The molecule has 2 heterocycles. The first-order chi connectivity index (χ1) is 9.24. The predicted molar refractivity (Wildman–Crippen MR) is 83.4 cm³/mol. The topological polar surface area (TPSA) is 29.5 Å². The smallest absolute Gasteiger partial charge is 0.227 e. The van der Waals surface area contributed by atoms with Gasteiger partial charge >= 0.3 is 0 Å². The lowest BCUT2D eigenvalue weighted by Crippen LogP contribution is -2.40. The molecule has 1 aromatic carbocycles. The third-order valence-electron chi connectivity index (χ3n) is 4.02. The molecule has 102 valence electrons. The number of nitrogens with zero attached hydrogens (tertiary/aromatic N) is 1. The van der Waals surface area contributed by atoms with Gasteiger partial charge in [0, 0.05) is 35.4 Å². The fourth-order valence-corrected chi connectivity index (χ4v) is 3.47. The average molecular weight is 371 g/mol. The van der Waals surface area contributed by atoms with E-state index in [1.807, 2.05) is 4.90 Å². The second kappa shape index (κ2) is 5.79. The second-order valence-corrected chi connectivity index (χ2v) is 6.58. The van der Waals surface area contributed by atoms with Crippen LogP contribution in [0.25, 0.3) is 0 Å². The van der Waals surface area contributed by atoms with E-state index in [9.17, 15) is 4.79 Å². The Labute approximate surface area is 127 Å². The summed E-state index contributed by atoms with van der Waals surface area (Å²) < 4.78 is 6.64. The molecule has 2 aliphatic rings. The van der Waals surface area contributed by atoms with Gasteiger partial charge in [-0.3, -0.25) is 4.79 Å². The second-order valence-electron chi connectivity index (χ2n) is 5.33. The maximum absolute atomic E-state index is 12.2. The summed E-state index contributed by atoms with van der Waals surface area (Å²) in [5, 5.41) is 0. The molecule has 19 heavy (non-hydrogen) atoms. The summed E-state index contributed by atoms with van der Waals surface area (Å²) in [5.74, 6) is 0.864. The Balaban J connectivity index is 1.82. The van der Waals surface area contributed by atoms with Crippen LogP contribution in [0.1, 0.15) is 24.8 Å². The molecule has 0 atom stereocenters. The minimum atomic E-state index is 0.278. The van der Waals surface area contributed by atoms with E-state index in [-0.39, 0.29) is 5.91 Å². The molecule has 1 saturated heterocycles. The molecule has 0 aromatic heterocycles. The maximum atomic E-state index is 12.2. The highest BCUT2D eigenvalue weighted by Crippen LogP contribution is 2.31. The van der Waals surface area contributed by atoms with E-state index in [1.54, 1.807) is 0 Å². The Morgan fingerprint density at radius 2 is 2.05 bits per heavy atom. The highest BCUT2D eigenvalue weighted by Gasteiger charge is 2.27. The lowest BCUT2D eigenvalue weighted by molar-refractivity contribution is -0.119. The van der Waals surface area contributed by atoms with Gasteiger partial charge in [0.1, 0.15) is 0 Å². The summed E-state index contributed by atoms with van der Waals surface area (Å²) in [7, 11) is 0. The van der Waals surface area contributed by atoms with Crippen molar-refractivity contribution in [3.05, 3.63) is 27.3 Å². The molecule has 0 saturated carbocycles. The number of fused-ring (bicyclic) bond motifs is 1. The monoisotopic (exact) mass is 371 g/mol. The van der Waals surface area contributed by atoms with Gasteiger partial charge in [-0.05, 0) is 71.5 Å². The molecule has 0 aliphatic carbocycles. The van der Waals surface area contributed by atoms with Crippen LogP contribution in [-0.4, -0.2) is 25.7 Å². The number of hydrogen-bond donors (Lipinski definition) is 0. The first kappa shape index (κ1) is 13.4. The van der Waals surface area contributed by atoms with Crippen LogP contribution < -0.4 is 4.90 Å². The van der Waals surface area contributed by atoms with E-state index in [1.165, 1.54) is 9.13 Å². The largest absolute Gasteiger partial charge is 0.381 e. The third-order valence-corrected chi connectivity index (χ3v) is 4.69. The molecule has 3 nitrogen and oxygen atoms in total. The standard InChI is InChI=1S/C15H18INO2/c16-13-2-3-14-12(9-13)1-4-15(18)17(14)10-11-5-7-19-8-6-11/h2-3,9,11H,1,4-8,10H2. The Kier molecular flexibility index (Phi) is 4.07. The van der Waals surface area contributed by atoms with Gasteiger partial charge in [0.05, 0.1) is 0 Å². The van der Waals surface area contributed by atoms with Crippen molar-refractivity contribution in [2.45, 2.75) is 25.7 Å². The van der Waals surface area contributed by atoms with Crippen LogP contribution in [0, 0.1) is 9.49 Å². The van der Waals surface area contributed by atoms with E-state index in [2.05, 4.69) is 40.8 Å². The first-order valence-corrected chi connectivity index (χ1v) is 7.98. The van der Waals surface area contributed by atoms with Gasteiger partial charge in [-0.1, -0.05) is 0 Å². The Hall–Kier alpha value is -0.620. The van der Waals surface area contributed by atoms with Crippen molar-refractivity contribution in [2.75, 3.05) is 24.7 Å². The average Bonchev–Trinajstić information content (AvgIpc) is 2.43. The highest BCUT2D eigenvalue weighted by molar-refractivity contribution is 14.1. The molecule has 4 heteroatoms. The van der Waals surface area contributed by atoms with Gasteiger partial charge in [0.15, 0.2) is 0 Å². The van der Waals surface area contributed by atoms with Crippen LogP contribution in [0.2, 0.25) is 0 Å². The van der Waals surface area contributed by atoms with E-state index in [0.717, 1.165) is 44.7 Å². The lowest BCUT2D eigenvalue weighted by atomic mass is 9.96. The number of amides is 1. The van der Waals surface area contributed by atoms with Crippen molar-refractivity contribution in [2.24, 2.45) is 5.92 Å². The van der Waals surface area contributed by atoms with Crippen molar-refractivity contribution in [1.29, 1.82) is 0 Å². The summed E-state index contributed by atoms with van der Waals surface area (Å²) >= 11 is 2.33. The molecular formula is C15H18INO2. The lowest BCUT2D eigenvalue weighted by Gasteiger charge is -2.34. The maximum Gasteiger partial charge on any atom is 0.227 e. The zero-order valence-corrected chi connectivity index (χ0v) is 13.1. The van der Waals surface area contributed by atoms with Crippen LogP contribution in [0.5, 0.6) is 0 Å². The number of anilines is 1. The number of halogens is 1. The van der Waals surface area contributed by atoms with Crippen LogP contribution in [0.4, 0.5) is 5.69 Å². The molecule has 0 spiro atoms. The molecule has 1 fully saturated rings. The summed E-state index contributed by atoms with van der Waals surface area (Å²) in [6.07, 6.45) is 3.68. The number of aryl methyl sites for hydroxylation is 1. The zero-order valence-electron chi connectivity index (χ0n) is 10.9. The minimum Gasteiger partial charge on any atom is -0.381 e. The van der Waals surface area contributed by atoms with Crippen molar-refractivity contribution >= 4 is 34.2 Å². The molecule has 1 aromatic rings. The van der Waals surface area contributed by atoms with Gasteiger partial charge in [-0.15, -0.1) is 0 Å². The Morgan fingerprint density at radius 1 is 1.26 bits per heavy atom. The van der Waals surface area contributed by atoms with Crippen LogP contribution in [-0.2, 0) is 16.0 Å². The molecule has 1 amide bonds. The van der Waals surface area contributed by atoms with Gasteiger partial charge in [0.2, 0.25) is 5.91 Å². The van der Waals surface area contributed by atoms with E-state index in [4.69, 9.17) is 4.74 Å². The molecule has 0 radical (unpaired) electrons. The summed E-state index contributed by atoms with van der Waals surface area (Å²) in [5.41, 5.74) is 2.45. The highest BCUT2D eigenvalue weighted by atomic mass is 127. The van der Waals surface area contributed by atoms with E-state index in [0.29, 0.717) is 12.3 Å². The van der Waals surface area contributed by atoms with Crippen molar-refractivity contribution in [3.63, 3.8) is 0 Å². The molecule has 3 rings (SSSR count). The fourth-order valence-electron chi connectivity index (χ4n) is 2.92. The van der Waals surface area contributed by atoms with E-state index >= 15 is 0 Å². The summed E-state index contributed by atoms with van der Waals surface area (Å²) in [6, 6.07) is 6.40. The minimum absolute atomic E-state index is 0.278. The summed E-state index contributed by atoms with van der Waals surface area (Å²) in [4.78, 5) is 14.2. The van der Waals surface area contributed by atoms with Crippen molar-refractivity contribution in [3.8, 4) is 0 Å². The zero-order chi connectivity index (χ0) is 13.2. The SMILES string of the molecule is O=C1CCc2cc(I)ccc2N1CC1CCOCC1. The first-order valence-electron chi connectivity index (χ1n) is 6.90. The fraction of sp³-hybridized carbons (Fsp3) is 0.533. The molecule has 0 N–H and O–H groups in total. The van der Waals surface area contributed by atoms with Gasteiger partial charge in [-0.25, -0.2) is 0 Å². The number of rotatable bonds is 2. The van der Waals surface area contributed by atoms with Gasteiger partial charge in [0.25, 0.3) is 0 Å². The molecule has 2 aliphatic heterocycles. The number of benzene rings is 1. The quantitative estimate of drug-likeness (QED) is 0.749. The molecule has 0 bridgehead atoms. The number of ether oxygens (including phenoxy) is 1. The third kappa shape index (κ3) is 2.94. The van der Waals surface area contributed by atoms with Crippen LogP contribution in [0.3, 0.4) is 0 Å². The Morgan fingerprint density at radius 3 is 2.84 bits per heavy atom. The van der Waals surface area contributed by atoms with E-state index < -0.39 is 0 Å². The van der Waals surface area contributed by atoms with Crippen molar-refractivity contribution in [1.82, 2.24) is 0 Å². The van der Waals surface area contributed by atoms with Crippen molar-refractivity contribution < 1.29 is 9.53 Å². The van der Waals surface area contributed by atoms with Crippen LogP contribution in [0.15, 0.2) is 18.2 Å². The number of hydrogen-bond acceptors (Lipinski definition) is 2. The molecule has 0 unspecified atom stereocenters. The van der Waals surface area contributed by atoms with Crippen LogP contribution >= 0.6 is 22.6 Å². The number of carbonyl (C=O) groups is 1. The number of carbonyl (C=O) groups excluding carboxylic acids is 1. The van der Waals surface area contributed by atoms with Gasteiger partial charge < -0.3 is 9.64 Å².